The van der Waals surface area contributed by atoms with Crippen molar-refractivity contribution in [1.29, 1.82) is 0 Å². The maximum absolute atomic E-state index is 5.21. The third kappa shape index (κ3) is 3.39. The number of benzene rings is 6. The van der Waals surface area contributed by atoms with Crippen LogP contribution >= 0.6 is 0 Å². The van der Waals surface area contributed by atoms with Gasteiger partial charge in [0.2, 0.25) is 0 Å². The molecule has 39 heavy (non-hydrogen) atoms. The molecular weight excluding hydrogens is 472 g/mol. The van der Waals surface area contributed by atoms with Gasteiger partial charge in [-0.3, -0.25) is 0 Å². The number of hydrogen-bond acceptors (Lipinski definition) is 1. The molecule has 0 bridgehead atoms. The van der Waals surface area contributed by atoms with E-state index in [2.05, 4.69) is 150 Å². The fourth-order valence-corrected chi connectivity index (χ4v) is 6.05. The van der Waals surface area contributed by atoms with E-state index in [-0.39, 0.29) is 0 Å². The fraction of sp³-hybridized carbons (Fsp3) is 0. The lowest BCUT2D eigenvalue weighted by Crippen LogP contribution is -1.93. The lowest BCUT2D eigenvalue weighted by Gasteiger charge is -2.14. The number of fused-ring (bicyclic) bond motifs is 6. The van der Waals surface area contributed by atoms with Gasteiger partial charge in [0.1, 0.15) is 0 Å². The quantitative estimate of drug-likeness (QED) is 0.223. The van der Waals surface area contributed by atoms with Crippen LogP contribution in [-0.4, -0.2) is 9.55 Å². The highest BCUT2D eigenvalue weighted by molar-refractivity contribution is 6.13. The van der Waals surface area contributed by atoms with Crippen LogP contribution in [0.4, 0.5) is 0 Å². The van der Waals surface area contributed by atoms with Crippen LogP contribution < -0.4 is 0 Å². The summed E-state index contributed by atoms with van der Waals surface area (Å²) in [6.07, 6.45) is 0. The van der Waals surface area contributed by atoms with Gasteiger partial charge in [0.05, 0.1) is 22.2 Å². The molecule has 2 heterocycles. The molecule has 0 aliphatic heterocycles. The van der Waals surface area contributed by atoms with E-state index in [0.29, 0.717) is 0 Å². The molecule has 0 radical (unpaired) electrons. The van der Waals surface area contributed by atoms with Crippen molar-refractivity contribution in [1.82, 2.24) is 9.55 Å². The maximum Gasteiger partial charge on any atom is 0.0794 e. The molecule has 0 saturated heterocycles. The van der Waals surface area contributed by atoms with Crippen LogP contribution in [0.5, 0.6) is 0 Å². The summed E-state index contributed by atoms with van der Waals surface area (Å²) in [5, 5.41) is 6.09. The van der Waals surface area contributed by atoms with E-state index in [1.165, 1.54) is 54.8 Å². The monoisotopic (exact) mass is 496 g/mol. The normalized spacial score (nSPS) is 11.6. The SMILES string of the molecule is c1ccc(-n2c3ccccc3c3cc(-c4ccccc4-c4nc5ccccc5c5ccccc45)ccc32)cc1. The molecule has 6 aromatic carbocycles. The van der Waals surface area contributed by atoms with Gasteiger partial charge in [-0.1, -0.05) is 109 Å². The van der Waals surface area contributed by atoms with Crippen molar-refractivity contribution in [3.63, 3.8) is 0 Å². The molecular formula is C37H24N2. The predicted octanol–water partition coefficient (Wildman–Crippen LogP) is 9.82. The van der Waals surface area contributed by atoms with Gasteiger partial charge in [0, 0.05) is 32.8 Å². The average molecular weight is 497 g/mol. The van der Waals surface area contributed by atoms with Crippen LogP contribution in [0.1, 0.15) is 0 Å². The van der Waals surface area contributed by atoms with Gasteiger partial charge in [0.25, 0.3) is 0 Å². The standard InChI is InChI=1S/C37H24N2/c1-2-12-26(13-3-1)39-35-21-11-9-17-30(35)33-24-25(22-23-36(33)39)27-14-4-6-18-31(27)37-32-19-7-5-15-28(32)29-16-8-10-20-34(29)38-37/h1-24H. The number of hydrogen-bond donors (Lipinski definition) is 0. The van der Waals surface area contributed by atoms with Crippen LogP contribution in [0.3, 0.4) is 0 Å². The summed E-state index contributed by atoms with van der Waals surface area (Å²) >= 11 is 0. The maximum atomic E-state index is 5.21. The fourth-order valence-electron chi connectivity index (χ4n) is 6.05. The van der Waals surface area contributed by atoms with E-state index in [1.54, 1.807) is 0 Å². The Morgan fingerprint density at radius 2 is 1.03 bits per heavy atom. The predicted molar refractivity (Wildman–Crippen MR) is 164 cm³/mol. The molecule has 8 aromatic rings. The number of rotatable bonds is 3. The minimum absolute atomic E-state index is 1.02. The van der Waals surface area contributed by atoms with E-state index < -0.39 is 0 Å². The molecule has 0 saturated carbocycles. The lowest BCUT2D eigenvalue weighted by atomic mass is 9.93. The second-order valence-corrected chi connectivity index (χ2v) is 9.99. The van der Waals surface area contributed by atoms with Crippen molar-refractivity contribution in [3.05, 3.63) is 146 Å². The van der Waals surface area contributed by atoms with Crippen LogP contribution in [0.2, 0.25) is 0 Å². The van der Waals surface area contributed by atoms with Crippen LogP contribution in [0, 0.1) is 0 Å². The molecule has 0 aliphatic rings. The highest BCUT2D eigenvalue weighted by atomic mass is 15.0. The number of pyridine rings is 1. The molecule has 2 aromatic heterocycles. The van der Waals surface area contributed by atoms with E-state index >= 15 is 0 Å². The van der Waals surface area contributed by atoms with Crippen molar-refractivity contribution < 1.29 is 0 Å². The first-order chi connectivity index (χ1) is 19.4. The van der Waals surface area contributed by atoms with Crippen LogP contribution in [-0.2, 0) is 0 Å². The zero-order valence-electron chi connectivity index (χ0n) is 21.3. The smallest absolute Gasteiger partial charge is 0.0794 e. The van der Waals surface area contributed by atoms with Gasteiger partial charge in [-0.25, -0.2) is 4.98 Å². The Hall–Kier alpha value is -5.21. The minimum atomic E-state index is 1.02. The molecule has 2 heteroatoms. The highest BCUT2D eigenvalue weighted by Gasteiger charge is 2.17. The number of aromatic nitrogens is 2. The van der Waals surface area contributed by atoms with E-state index in [4.69, 9.17) is 4.98 Å². The third-order valence-electron chi connectivity index (χ3n) is 7.79. The Balaban J connectivity index is 1.40. The molecule has 2 nitrogen and oxygen atoms in total. The third-order valence-corrected chi connectivity index (χ3v) is 7.79. The van der Waals surface area contributed by atoms with Crippen LogP contribution in [0.15, 0.2) is 146 Å². The molecule has 0 aliphatic carbocycles. The van der Waals surface area contributed by atoms with Gasteiger partial charge in [0.15, 0.2) is 0 Å². The van der Waals surface area contributed by atoms with Crippen molar-refractivity contribution in [2.45, 2.75) is 0 Å². The Bertz CT molecular complexity index is 2170. The van der Waals surface area contributed by atoms with Crippen LogP contribution in [0.25, 0.3) is 71.6 Å². The Morgan fingerprint density at radius 1 is 0.410 bits per heavy atom. The van der Waals surface area contributed by atoms with Crippen molar-refractivity contribution in [2.24, 2.45) is 0 Å². The largest absolute Gasteiger partial charge is 0.309 e. The molecule has 8 rings (SSSR count). The lowest BCUT2D eigenvalue weighted by molar-refractivity contribution is 1.18. The first-order valence-corrected chi connectivity index (χ1v) is 13.3. The summed E-state index contributed by atoms with van der Waals surface area (Å²) in [4.78, 5) is 5.21. The molecule has 0 N–H and O–H groups in total. The summed E-state index contributed by atoms with van der Waals surface area (Å²) in [6, 6.07) is 51.9. The summed E-state index contributed by atoms with van der Waals surface area (Å²) in [6.45, 7) is 0. The molecule has 0 unspecified atom stereocenters. The second-order valence-electron chi connectivity index (χ2n) is 9.99. The number of nitrogens with zero attached hydrogens (tertiary/aromatic N) is 2. The summed E-state index contributed by atoms with van der Waals surface area (Å²) in [7, 11) is 0. The Labute approximate surface area is 226 Å². The summed E-state index contributed by atoms with van der Waals surface area (Å²) in [5.74, 6) is 0. The van der Waals surface area contributed by atoms with E-state index in [0.717, 1.165) is 16.8 Å². The van der Waals surface area contributed by atoms with Gasteiger partial charge < -0.3 is 4.57 Å². The van der Waals surface area contributed by atoms with E-state index in [9.17, 15) is 0 Å². The molecule has 0 atom stereocenters. The topological polar surface area (TPSA) is 17.8 Å². The first-order valence-electron chi connectivity index (χ1n) is 13.3. The zero-order valence-corrected chi connectivity index (χ0v) is 21.3. The Kier molecular flexibility index (Phi) is 4.86. The Morgan fingerprint density at radius 3 is 1.87 bits per heavy atom. The summed E-state index contributed by atoms with van der Waals surface area (Å²) in [5.41, 5.74) is 9.14. The second kappa shape index (κ2) is 8.68. The zero-order chi connectivity index (χ0) is 25.8. The first kappa shape index (κ1) is 21.8. The van der Waals surface area contributed by atoms with Crippen molar-refractivity contribution >= 4 is 43.5 Å². The van der Waals surface area contributed by atoms with Crippen molar-refractivity contribution in [2.75, 3.05) is 0 Å². The van der Waals surface area contributed by atoms with Gasteiger partial charge in [-0.15, -0.1) is 0 Å². The average Bonchev–Trinajstić information content (AvgIpc) is 3.35. The molecule has 0 spiro atoms. The van der Waals surface area contributed by atoms with Gasteiger partial charge >= 0.3 is 0 Å². The van der Waals surface area contributed by atoms with Crippen molar-refractivity contribution in [3.8, 4) is 28.1 Å². The molecule has 0 amide bonds. The molecule has 0 fully saturated rings. The van der Waals surface area contributed by atoms with E-state index in [1.807, 2.05) is 0 Å². The van der Waals surface area contributed by atoms with Gasteiger partial charge in [-0.05, 0) is 52.9 Å². The highest BCUT2D eigenvalue weighted by Crippen LogP contribution is 2.40. The summed E-state index contributed by atoms with van der Waals surface area (Å²) < 4.78 is 2.36. The molecule has 182 valence electrons. The number of para-hydroxylation sites is 3. The van der Waals surface area contributed by atoms with Gasteiger partial charge in [-0.2, -0.15) is 0 Å². The minimum Gasteiger partial charge on any atom is -0.309 e.